The number of hydrogen-bond acceptors (Lipinski definition) is 1. The van der Waals surface area contributed by atoms with E-state index in [9.17, 15) is 12.3 Å². The quantitative estimate of drug-likeness (QED) is 0.168. The van der Waals surface area contributed by atoms with Gasteiger partial charge in [0.05, 0.1) is 24.7 Å². The largest absolute Gasteiger partial charge is 0.455 e. The summed E-state index contributed by atoms with van der Waals surface area (Å²) in [4.78, 5) is 0. The van der Waals surface area contributed by atoms with Crippen LogP contribution in [0, 0.1) is 0 Å². The van der Waals surface area contributed by atoms with E-state index in [0.29, 0.717) is 22.1 Å². The molecule has 0 aliphatic rings. The normalized spacial score (nSPS) is 16.5. The van der Waals surface area contributed by atoms with Crippen LogP contribution in [0.1, 0.15) is 24.7 Å². The van der Waals surface area contributed by atoms with Crippen molar-refractivity contribution in [2.24, 2.45) is 0 Å². The topological polar surface area (TPSA) is 13.1 Å². The summed E-state index contributed by atoms with van der Waals surface area (Å²) in [6.07, 6.45) is 0. The second kappa shape index (κ2) is 11.8. The monoisotopic (exact) mass is 690 g/mol. The number of hydrogen-bond donors (Lipinski definition) is 0. The molecule has 10 aromatic carbocycles. The molecule has 0 spiro atoms. The highest BCUT2D eigenvalue weighted by molar-refractivity contribution is 6.22. The highest BCUT2D eigenvalue weighted by Crippen LogP contribution is 2.45. The molecule has 1 heteroatoms. The highest BCUT2D eigenvalue weighted by Gasteiger charge is 2.18. The van der Waals surface area contributed by atoms with Crippen LogP contribution in [-0.2, 0) is 0 Å². The fourth-order valence-electron chi connectivity index (χ4n) is 7.26. The molecule has 0 aliphatic heterocycles. The zero-order chi connectivity index (χ0) is 50.5. The average Bonchev–Trinajstić information content (AvgIpc) is 3.75. The van der Waals surface area contributed by atoms with E-state index < -0.39 is 153 Å². The molecule has 0 saturated carbocycles. The molecule has 1 aromatic heterocycles. The summed E-state index contributed by atoms with van der Waals surface area (Å²) < 4.78 is 170. The SMILES string of the molecule is [2H]c1c([2H])c([2H])c(-c2c3c([2H])c([2H])c([2H])c([2H])c3c(-c3c([2H])c([2H])c4cc(-c5cccc6c5oc5ccc(-c7ccc8ccccc8c7)cc56)c([2H])c([2H])c4c3[2H])c3c([2H])c([2H])c([2H])c([2H])c23)c([2H])c1[2H]. The third-order valence-electron chi connectivity index (χ3n) is 9.70. The second-order valence-electron chi connectivity index (χ2n) is 12.7. The Balaban J connectivity index is 1.22. The molecule has 0 bridgehead atoms. The number of benzene rings is 10. The van der Waals surface area contributed by atoms with Gasteiger partial charge in [0.25, 0.3) is 0 Å². The summed E-state index contributed by atoms with van der Waals surface area (Å²) in [5.41, 5.74) is 1.14. The van der Waals surface area contributed by atoms with Crippen molar-refractivity contribution in [2.75, 3.05) is 0 Å². The average molecular weight is 691 g/mol. The Morgan fingerprint density at radius 2 is 0.981 bits per heavy atom. The van der Waals surface area contributed by atoms with Gasteiger partial charge < -0.3 is 4.42 Å². The minimum atomic E-state index is -0.844. The Labute approximate surface area is 332 Å². The first-order valence-corrected chi connectivity index (χ1v) is 16.8. The van der Waals surface area contributed by atoms with Gasteiger partial charge in [-0.15, -0.1) is 0 Å². The molecule has 53 heavy (non-hydrogen) atoms. The van der Waals surface area contributed by atoms with Gasteiger partial charge in [-0.2, -0.15) is 0 Å². The van der Waals surface area contributed by atoms with E-state index in [0.717, 1.165) is 27.3 Å². The smallest absolute Gasteiger partial charge is 0.143 e. The van der Waals surface area contributed by atoms with Crippen LogP contribution in [0.4, 0.5) is 0 Å². The fourth-order valence-corrected chi connectivity index (χ4v) is 7.26. The van der Waals surface area contributed by atoms with E-state index in [2.05, 4.69) is 12.1 Å². The van der Waals surface area contributed by atoms with E-state index in [1.54, 1.807) is 12.1 Å². The van der Waals surface area contributed by atoms with Gasteiger partial charge in [-0.3, -0.25) is 0 Å². The van der Waals surface area contributed by atoms with E-state index in [4.69, 9.17) is 16.8 Å². The van der Waals surface area contributed by atoms with E-state index in [1.807, 2.05) is 54.6 Å². The standard InChI is InChI=1S/C52H32O/c1-2-12-34(13-3-1)50-43-15-6-8-17-45(43)51(46-18-9-7-16-44(46)50)41-26-24-37-30-40(25-23-38(37)31-41)42-19-10-20-47-48-32-39(27-28-49(48)53-52(42)47)36-22-21-33-11-4-5-14-35(33)29-36/h1-32H/i1D,2D,3D,6D,7D,8D,9D,12D,13D,15D,16D,17D,18D,23D,24D,25D,26D,31D. The van der Waals surface area contributed by atoms with Crippen LogP contribution in [0.3, 0.4) is 0 Å². The molecule has 0 N–H and O–H groups in total. The lowest BCUT2D eigenvalue weighted by Crippen LogP contribution is -1.90. The Morgan fingerprint density at radius 3 is 1.75 bits per heavy atom. The predicted molar refractivity (Wildman–Crippen MR) is 225 cm³/mol. The molecule has 0 saturated heterocycles. The van der Waals surface area contributed by atoms with Crippen molar-refractivity contribution >= 4 is 65.0 Å². The zero-order valence-electron chi connectivity index (χ0n) is 45.5. The summed E-state index contributed by atoms with van der Waals surface area (Å²) in [6.45, 7) is 0. The zero-order valence-corrected chi connectivity index (χ0v) is 27.5. The van der Waals surface area contributed by atoms with Crippen LogP contribution in [0.2, 0.25) is 0 Å². The van der Waals surface area contributed by atoms with Gasteiger partial charge >= 0.3 is 0 Å². The first kappa shape index (κ1) is 17.0. The summed E-state index contributed by atoms with van der Waals surface area (Å²) in [5.74, 6) is 0. The molecule has 1 nitrogen and oxygen atoms in total. The molecular formula is C52H32O. The molecule has 1 heterocycles. The number of furan rings is 1. The van der Waals surface area contributed by atoms with E-state index in [-0.39, 0.29) is 16.3 Å². The van der Waals surface area contributed by atoms with Gasteiger partial charge in [0, 0.05) is 16.3 Å². The lowest BCUT2D eigenvalue weighted by molar-refractivity contribution is 0.670. The Hall–Kier alpha value is -6.96. The highest BCUT2D eigenvalue weighted by atomic mass is 16.3. The summed E-state index contributed by atoms with van der Waals surface area (Å²) >= 11 is 0. The summed E-state index contributed by atoms with van der Waals surface area (Å²) in [6, 6.07) is 13.1. The lowest BCUT2D eigenvalue weighted by atomic mass is 9.85. The third kappa shape index (κ3) is 4.79. The maximum absolute atomic E-state index is 9.78. The van der Waals surface area contributed by atoms with Gasteiger partial charge in [-0.25, -0.2) is 0 Å². The van der Waals surface area contributed by atoms with Crippen molar-refractivity contribution in [3.05, 3.63) is 194 Å². The van der Waals surface area contributed by atoms with Crippen molar-refractivity contribution in [1.29, 1.82) is 0 Å². The molecule has 0 aliphatic carbocycles. The van der Waals surface area contributed by atoms with Crippen molar-refractivity contribution in [3.63, 3.8) is 0 Å². The van der Waals surface area contributed by atoms with E-state index >= 15 is 0 Å². The molecule has 246 valence electrons. The molecule has 0 radical (unpaired) electrons. The van der Waals surface area contributed by atoms with Crippen LogP contribution >= 0.6 is 0 Å². The molecule has 0 fully saturated rings. The van der Waals surface area contributed by atoms with Crippen LogP contribution in [-0.4, -0.2) is 0 Å². The van der Waals surface area contributed by atoms with Gasteiger partial charge in [0.15, 0.2) is 0 Å². The molecule has 0 unspecified atom stereocenters. The summed E-state index contributed by atoms with van der Waals surface area (Å²) in [5, 5.41) is 1.08. The molecule has 11 aromatic rings. The Morgan fingerprint density at radius 1 is 0.358 bits per heavy atom. The number of rotatable bonds is 4. The summed E-state index contributed by atoms with van der Waals surface area (Å²) in [7, 11) is 0. The Bertz CT molecular complexity index is 4160. The Kier molecular flexibility index (Phi) is 3.79. The van der Waals surface area contributed by atoms with Crippen molar-refractivity contribution in [3.8, 4) is 44.5 Å². The third-order valence-corrected chi connectivity index (χ3v) is 9.70. The van der Waals surface area contributed by atoms with Gasteiger partial charge in [0.2, 0.25) is 0 Å². The molecule has 0 atom stereocenters. The first-order valence-electron chi connectivity index (χ1n) is 25.8. The van der Waals surface area contributed by atoms with Gasteiger partial charge in [0.1, 0.15) is 11.2 Å². The van der Waals surface area contributed by atoms with Crippen LogP contribution in [0.25, 0.3) is 110 Å². The first-order chi connectivity index (χ1) is 33.8. The van der Waals surface area contributed by atoms with Crippen LogP contribution in [0.15, 0.2) is 198 Å². The molecular weight excluding hydrogens is 641 g/mol. The lowest BCUT2D eigenvalue weighted by Gasteiger charge is -2.18. The maximum Gasteiger partial charge on any atom is 0.143 e. The van der Waals surface area contributed by atoms with Gasteiger partial charge in [-0.05, 0) is 112 Å². The predicted octanol–water partition coefficient (Wildman–Crippen LogP) is 14.9. The maximum atomic E-state index is 9.78. The van der Waals surface area contributed by atoms with E-state index in [1.165, 1.54) is 6.07 Å². The number of para-hydroxylation sites is 1. The van der Waals surface area contributed by atoms with Crippen LogP contribution in [0.5, 0.6) is 0 Å². The minimum Gasteiger partial charge on any atom is -0.455 e. The second-order valence-corrected chi connectivity index (χ2v) is 12.7. The molecule has 0 amide bonds. The van der Waals surface area contributed by atoms with Gasteiger partial charge in [-0.1, -0.05) is 163 Å². The fraction of sp³-hybridized carbons (Fsp3) is 0. The number of fused-ring (bicyclic) bond motifs is 7. The van der Waals surface area contributed by atoms with Crippen molar-refractivity contribution < 1.29 is 29.1 Å². The van der Waals surface area contributed by atoms with Crippen molar-refractivity contribution in [2.45, 2.75) is 0 Å². The van der Waals surface area contributed by atoms with Crippen LogP contribution < -0.4 is 0 Å². The minimum absolute atomic E-state index is 0.111. The molecule has 11 rings (SSSR count). The van der Waals surface area contributed by atoms with Crippen molar-refractivity contribution in [1.82, 2.24) is 0 Å².